The molecule has 2 atom stereocenters. The molecule has 1 aromatic carbocycles. The van der Waals surface area contributed by atoms with Crippen LogP contribution in [0, 0.1) is 12.7 Å². The number of fused-ring (bicyclic) bond motifs is 1. The molecule has 1 aliphatic rings. The van der Waals surface area contributed by atoms with E-state index in [0.29, 0.717) is 11.7 Å². The summed E-state index contributed by atoms with van der Waals surface area (Å²) in [6.45, 7) is 6.77. The summed E-state index contributed by atoms with van der Waals surface area (Å²) in [7, 11) is -1.96. The third-order valence-corrected chi connectivity index (χ3v) is 7.40. The van der Waals surface area contributed by atoms with Crippen molar-refractivity contribution >= 4 is 18.0 Å². The Morgan fingerprint density at radius 3 is 2.83 bits per heavy atom. The highest BCUT2D eigenvalue weighted by Crippen LogP contribution is 2.49. The van der Waals surface area contributed by atoms with Crippen LogP contribution in [0.1, 0.15) is 30.5 Å². The fourth-order valence-corrected chi connectivity index (χ4v) is 5.33. The molecule has 23 heavy (non-hydrogen) atoms. The fraction of sp³-hybridized carbons (Fsp3) is 0.556. The molecule has 5 heteroatoms. The number of halogens is 1. The Labute approximate surface area is 137 Å². The van der Waals surface area contributed by atoms with Gasteiger partial charge in [0, 0.05) is 28.3 Å². The van der Waals surface area contributed by atoms with Crippen LogP contribution in [0.25, 0.3) is 10.9 Å². The lowest BCUT2D eigenvalue weighted by Crippen LogP contribution is -2.29. The molecule has 0 bridgehead atoms. The highest BCUT2D eigenvalue weighted by molar-refractivity contribution is 7.63. The standard InChI is InChI=1S/C18H26FN2OP/c1-12-16(17-7-4-13(19)10-18(17)21-12)8-9-20-14-5-6-15(11-14)23(2,3)22/h4,7,10,14-15,20-21H,5-6,8-9,11H2,1-3H3. The molecule has 0 radical (unpaired) electrons. The number of nitrogens with one attached hydrogen (secondary N) is 2. The van der Waals surface area contributed by atoms with Crippen molar-refractivity contribution in [2.75, 3.05) is 19.9 Å². The van der Waals surface area contributed by atoms with E-state index in [1.807, 2.05) is 26.3 Å². The Balaban J connectivity index is 1.60. The minimum atomic E-state index is -1.96. The SMILES string of the molecule is Cc1[nH]c2cc(F)ccc2c1CCNC1CCC(P(C)(C)=O)C1. The molecule has 1 saturated carbocycles. The Bertz CT molecular complexity index is 749. The van der Waals surface area contributed by atoms with Crippen molar-refractivity contribution in [3.8, 4) is 0 Å². The first kappa shape index (κ1) is 16.7. The second-order valence-electron chi connectivity index (χ2n) is 7.22. The van der Waals surface area contributed by atoms with Gasteiger partial charge in [-0.25, -0.2) is 4.39 Å². The zero-order chi connectivity index (χ0) is 16.6. The summed E-state index contributed by atoms with van der Waals surface area (Å²) in [5, 5.41) is 4.73. The largest absolute Gasteiger partial charge is 0.358 e. The monoisotopic (exact) mass is 336 g/mol. The van der Waals surface area contributed by atoms with Gasteiger partial charge in [-0.2, -0.15) is 0 Å². The van der Waals surface area contributed by atoms with Gasteiger partial charge < -0.3 is 14.9 Å². The van der Waals surface area contributed by atoms with Gasteiger partial charge in [-0.15, -0.1) is 0 Å². The predicted molar refractivity (Wildman–Crippen MR) is 95.6 cm³/mol. The van der Waals surface area contributed by atoms with Gasteiger partial charge in [0.05, 0.1) is 7.14 Å². The summed E-state index contributed by atoms with van der Waals surface area (Å²) in [4.78, 5) is 3.27. The van der Waals surface area contributed by atoms with E-state index in [0.717, 1.165) is 48.8 Å². The average Bonchev–Trinajstić information content (AvgIpc) is 3.03. The number of aryl methyl sites for hydroxylation is 1. The second kappa shape index (κ2) is 6.41. The lowest BCUT2D eigenvalue weighted by atomic mass is 10.1. The average molecular weight is 336 g/mol. The maximum absolute atomic E-state index is 13.3. The molecule has 0 spiro atoms. The summed E-state index contributed by atoms with van der Waals surface area (Å²) in [5.41, 5.74) is 3.64. The molecule has 0 saturated heterocycles. The van der Waals surface area contributed by atoms with Crippen molar-refractivity contribution in [2.45, 2.75) is 44.3 Å². The van der Waals surface area contributed by atoms with Gasteiger partial charge in [0.15, 0.2) is 0 Å². The van der Waals surface area contributed by atoms with Gasteiger partial charge in [-0.1, -0.05) is 0 Å². The van der Waals surface area contributed by atoms with E-state index in [2.05, 4.69) is 10.3 Å². The number of H-pyrrole nitrogens is 1. The number of benzene rings is 1. The van der Waals surface area contributed by atoms with Gasteiger partial charge in [-0.05, 0) is 76.2 Å². The zero-order valence-electron chi connectivity index (χ0n) is 14.2. The maximum atomic E-state index is 13.3. The van der Waals surface area contributed by atoms with Crippen LogP contribution in [0.4, 0.5) is 4.39 Å². The summed E-state index contributed by atoms with van der Waals surface area (Å²) < 4.78 is 25.5. The van der Waals surface area contributed by atoms with Crippen LogP contribution in [0.2, 0.25) is 0 Å². The van der Waals surface area contributed by atoms with Crippen LogP contribution in [0.3, 0.4) is 0 Å². The molecule has 0 aliphatic heterocycles. The molecular weight excluding hydrogens is 310 g/mol. The van der Waals surface area contributed by atoms with Gasteiger partial charge >= 0.3 is 0 Å². The normalized spacial score (nSPS) is 22.1. The molecule has 2 N–H and O–H groups in total. The minimum absolute atomic E-state index is 0.205. The lowest BCUT2D eigenvalue weighted by Gasteiger charge is -2.16. The van der Waals surface area contributed by atoms with E-state index < -0.39 is 7.14 Å². The van der Waals surface area contributed by atoms with E-state index in [1.165, 1.54) is 11.6 Å². The van der Waals surface area contributed by atoms with E-state index >= 15 is 0 Å². The molecule has 1 aliphatic carbocycles. The maximum Gasteiger partial charge on any atom is 0.125 e. The molecule has 1 aromatic heterocycles. The number of hydrogen-bond acceptors (Lipinski definition) is 2. The van der Waals surface area contributed by atoms with Crippen molar-refractivity contribution in [3.63, 3.8) is 0 Å². The Morgan fingerprint density at radius 2 is 2.13 bits per heavy atom. The molecule has 2 aromatic rings. The highest BCUT2D eigenvalue weighted by Gasteiger charge is 2.32. The molecule has 1 fully saturated rings. The van der Waals surface area contributed by atoms with Crippen LogP contribution in [0.15, 0.2) is 18.2 Å². The third-order valence-electron chi connectivity index (χ3n) is 5.17. The quantitative estimate of drug-likeness (QED) is 0.800. The summed E-state index contributed by atoms with van der Waals surface area (Å²) in [5.74, 6) is -0.205. The molecular formula is C18H26FN2OP. The van der Waals surface area contributed by atoms with Crippen LogP contribution in [-0.2, 0) is 11.0 Å². The molecule has 2 unspecified atom stereocenters. The number of hydrogen-bond donors (Lipinski definition) is 2. The Kier molecular flexibility index (Phi) is 4.66. The summed E-state index contributed by atoms with van der Waals surface area (Å²) in [6, 6.07) is 5.42. The van der Waals surface area contributed by atoms with Gasteiger partial charge in [0.2, 0.25) is 0 Å². The van der Waals surface area contributed by atoms with Crippen molar-refractivity contribution in [1.82, 2.24) is 10.3 Å². The summed E-state index contributed by atoms with van der Waals surface area (Å²) in [6.07, 6.45) is 4.15. The Hall–Kier alpha value is -1.12. The van der Waals surface area contributed by atoms with Gasteiger partial charge in [0.1, 0.15) is 5.82 Å². The van der Waals surface area contributed by atoms with E-state index in [-0.39, 0.29) is 5.82 Å². The molecule has 3 nitrogen and oxygen atoms in total. The van der Waals surface area contributed by atoms with E-state index in [1.54, 1.807) is 6.07 Å². The minimum Gasteiger partial charge on any atom is -0.358 e. The fourth-order valence-electron chi connectivity index (χ4n) is 3.79. The van der Waals surface area contributed by atoms with Gasteiger partial charge in [-0.3, -0.25) is 0 Å². The third kappa shape index (κ3) is 3.70. The van der Waals surface area contributed by atoms with Gasteiger partial charge in [0.25, 0.3) is 0 Å². The van der Waals surface area contributed by atoms with Crippen LogP contribution in [0.5, 0.6) is 0 Å². The molecule has 0 amide bonds. The van der Waals surface area contributed by atoms with Crippen molar-refractivity contribution < 1.29 is 8.96 Å². The van der Waals surface area contributed by atoms with Crippen molar-refractivity contribution in [2.24, 2.45) is 0 Å². The number of aromatic nitrogens is 1. The first-order valence-corrected chi connectivity index (χ1v) is 11.1. The Morgan fingerprint density at radius 1 is 1.35 bits per heavy atom. The van der Waals surface area contributed by atoms with E-state index in [9.17, 15) is 8.96 Å². The second-order valence-corrected chi connectivity index (χ2v) is 10.8. The molecule has 126 valence electrons. The van der Waals surface area contributed by atoms with Crippen molar-refractivity contribution in [1.29, 1.82) is 0 Å². The first-order valence-electron chi connectivity index (χ1n) is 8.39. The van der Waals surface area contributed by atoms with Crippen LogP contribution in [-0.4, -0.2) is 36.6 Å². The molecule has 1 heterocycles. The smallest absolute Gasteiger partial charge is 0.125 e. The lowest BCUT2D eigenvalue weighted by molar-refractivity contribution is 0.525. The van der Waals surface area contributed by atoms with Crippen molar-refractivity contribution in [3.05, 3.63) is 35.3 Å². The predicted octanol–water partition coefficient (Wildman–Crippen LogP) is 4.29. The number of rotatable bonds is 5. The van der Waals surface area contributed by atoms with Crippen LogP contribution < -0.4 is 5.32 Å². The highest BCUT2D eigenvalue weighted by atomic mass is 31.2. The summed E-state index contributed by atoms with van der Waals surface area (Å²) >= 11 is 0. The van der Waals surface area contributed by atoms with E-state index in [4.69, 9.17) is 0 Å². The topological polar surface area (TPSA) is 44.9 Å². The molecule has 3 rings (SSSR count). The first-order chi connectivity index (χ1) is 10.8. The zero-order valence-corrected chi connectivity index (χ0v) is 15.1. The number of aromatic amines is 1. The van der Waals surface area contributed by atoms with Crippen LogP contribution >= 0.6 is 7.14 Å².